The van der Waals surface area contributed by atoms with Gasteiger partial charge in [0.25, 0.3) is 5.56 Å². The molecule has 7 heteroatoms. The number of aromatic amines is 1. The third-order valence-corrected chi connectivity index (χ3v) is 1.98. The van der Waals surface area contributed by atoms with E-state index in [0.29, 0.717) is 0 Å². The van der Waals surface area contributed by atoms with Gasteiger partial charge in [0.1, 0.15) is 0 Å². The van der Waals surface area contributed by atoms with Crippen LogP contribution in [-0.2, 0) is 16.3 Å². The maximum Gasteiger partial charge on any atom is 0.331 e. The molecule has 0 saturated carbocycles. The Labute approximate surface area is 86.6 Å². The van der Waals surface area contributed by atoms with Crippen molar-refractivity contribution in [1.82, 2.24) is 9.55 Å². The molecule has 0 amide bonds. The molecule has 0 bridgehead atoms. The minimum absolute atomic E-state index is 0.198. The van der Waals surface area contributed by atoms with Crippen LogP contribution >= 0.6 is 15.9 Å². The summed E-state index contributed by atoms with van der Waals surface area (Å²) in [6.07, 6.45) is 1.23. The smallest absolute Gasteiger partial charge is 0.331 e. The van der Waals surface area contributed by atoms with Gasteiger partial charge in [0.15, 0.2) is 6.73 Å². The highest BCUT2D eigenvalue weighted by molar-refractivity contribution is 9.10. The van der Waals surface area contributed by atoms with E-state index in [4.69, 9.17) is 0 Å². The van der Waals surface area contributed by atoms with Gasteiger partial charge in [-0.05, 0) is 15.9 Å². The van der Waals surface area contributed by atoms with Gasteiger partial charge in [-0.15, -0.1) is 0 Å². The first kappa shape index (κ1) is 10.7. The fourth-order valence-electron chi connectivity index (χ4n) is 0.759. The van der Waals surface area contributed by atoms with Gasteiger partial charge >= 0.3 is 11.7 Å². The quantitative estimate of drug-likeness (QED) is 0.750. The van der Waals surface area contributed by atoms with Crippen molar-refractivity contribution in [2.75, 3.05) is 0 Å². The summed E-state index contributed by atoms with van der Waals surface area (Å²) in [4.78, 5) is 35.2. The van der Waals surface area contributed by atoms with Crippen LogP contribution in [0.5, 0.6) is 0 Å². The van der Waals surface area contributed by atoms with E-state index in [1.54, 1.807) is 0 Å². The number of nitrogens with one attached hydrogen (secondary N) is 1. The molecule has 76 valence electrons. The van der Waals surface area contributed by atoms with E-state index in [9.17, 15) is 14.4 Å². The van der Waals surface area contributed by atoms with E-state index in [1.807, 2.05) is 0 Å². The maximum absolute atomic E-state index is 11.3. The normalized spacial score (nSPS) is 9.86. The fourth-order valence-corrected chi connectivity index (χ4v) is 1.09. The van der Waals surface area contributed by atoms with Gasteiger partial charge in [-0.3, -0.25) is 9.59 Å². The summed E-state index contributed by atoms with van der Waals surface area (Å²) in [6.45, 7) is 0.806. The lowest BCUT2D eigenvalue weighted by molar-refractivity contribution is -0.144. The van der Waals surface area contributed by atoms with Crippen LogP contribution in [-0.4, -0.2) is 15.5 Å². The lowest BCUT2D eigenvalue weighted by Crippen LogP contribution is -2.36. The molecule has 0 saturated heterocycles. The monoisotopic (exact) mass is 262 g/mol. The third kappa shape index (κ3) is 2.32. The molecule has 0 aromatic carbocycles. The van der Waals surface area contributed by atoms with Gasteiger partial charge < -0.3 is 9.72 Å². The second kappa shape index (κ2) is 4.23. The number of carbonyl (C=O) groups excluding carboxylic acids is 1. The Balaban J connectivity index is 3.08. The molecule has 6 nitrogen and oxygen atoms in total. The summed E-state index contributed by atoms with van der Waals surface area (Å²) in [5.74, 6) is -0.559. The Morgan fingerprint density at radius 3 is 2.86 bits per heavy atom. The van der Waals surface area contributed by atoms with Gasteiger partial charge in [0, 0.05) is 13.1 Å². The summed E-state index contributed by atoms with van der Waals surface area (Å²) in [6, 6.07) is 0. The number of rotatable bonds is 2. The predicted octanol–water partition coefficient (Wildman–Crippen LogP) is -0.180. The molecule has 0 aliphatic carbocycles. The minimum atomic E-state index is -0.626. The van der Waals surface area contributed by atoms with E-state index in [1.165, 1.54) is 13.1 Å². The second-order valence-electron chi connectivity index (χ2n) is 2.44. The van der Waals surface area contributed by atoms with Crippen molar-refractivity contribution >= 4 is 21.9 Å². The summed E-state index contributed by atoms with van der Waals surface area (Å²) in [5, 5.41) is 0. The van der Waals surface area contributed by atoms with Crippen LogP contribution in [0.15, 0.2) is 20.3 Å². The van der Waals surface area contributed by atoms with Crippen molar-refractivity contribution in [3.8, 4) is 0 Å². The van der Waals surface area contributed by atoms with E-state index in [0.717, 1.165) is 4.57 Å². The van der Waals surface area contributed by atoms with Gasteiger partial charge in [0.05, 0.1) is 4.47 Å². The molecule has 0 spiro atoms. The Morgan fingerprint density at radius 2 is 2.29 bits per heavy atom. The SMILES string of the molecule is CC(=O)OCn1c(=O)[nH]cc(Br)c1=O. The van der Waals surface area contributed by atoms with Crippen LogP contribution in [0.3, 0.4) is 0 Å². The lowest BCUT2D eigenvalue weighted by atomic mass is 10.6. The molecule has 0 radical (unpaired) electrons. The molecule has 0 aliphatic rings. The largest absolute Gasteiger partial charge is 0.444 e. The number of carbonyl (C=O) groups is 1. The van der Waals surface area contributed by atoms with E-state index in [2.05, 4.69) is 25.7 Å². The zero-order valence-electron chi connectivity index (χ0n) is 7.24. The summed E-state index contributed by atoms with van der Waals surface area (Å²) in [7, 11) is 0. The molecule has 1 rings (SSSR count). The molecular formula is C7H7BrN2O4. The van der Waals surface area contributed by atoms with Gasteiger partial charge in [0.2, 0.25) is 0 Å². The van der Waals surface area contributed by atoms with Crippen molar-refractivity contribution in [2.24, 2.45) is 0 Å². The topological polar surface area (TPSA) is 81.2 Å². The van der Waals surface area contributed by atoms with Crippen LogP contribution in [0.1, 0.15) is 6.92 Å². The third-order valence-electron chi connectivity index (χ3n) is 1.41. The molecule has 14 heavy (non-hydrogen) atoms. The molecule has 1 heterocycles. The van der Waals surface area contributed by atoms with Gasteiger partial charge in [-0.25, -0.2) is 9.36 Å². The van der Waals surface area contributed by atoms with Crippen LogP contribution in [0.25, 0.3) is 0 Å². The van der Waals surface area contributed by atoms with Crippen molar-refractivity contribution in [3.05, 3.63) is 31.5 Å². The Bertz CT molecular complexity index is 461. The zero-order valence-corrected chi connectivity index (χ0v) is 8.83. The van der Waals surface area contributed by atoms with E-state index in [-0.39, 0.29) is 11.2 Å². The van der Waals surface area contributed by atoms with Crippen molar-refractivity contribution in [3.63, 3.8) is 0 Å². The fraction of sp³-hybridized carbons (Fsp3) is 0.286. The molecule has 0 fully saturated rings. The number of hydrogen-bond acceptors (Lipinski definition) is 4. The molecule has 1 aromatic heterocycles. The first-order valence-corrected chi connectivity index (χ1v) is 4.43. The molecule has 0 atom stereocenters. The summed E-state index contributed by atoms with van der Waals surface area (Å²) in [5.41, 5.74) is -1.17. The number of hydrogen-bond donors (Lipinski definition) is 1. The number of aromatic nitrogens is 2. The van der Waals surface area contributed by atoms with Crippen LogP contribution in [0.2, 0.25) is 0 Å². The maximum atomic E-state index is 11.3. The van der Waals surface area contributed by atoms with Gasteiger partial charge in [-0.1, -0.05) is 0 Å². The number of nitrogens with zero attached hydrogens (tertiary/aromatic N) is 1. The number of halogens is 1. The van der Waals surface area contributed by atoms with E-state index < -0.39 is 17.2 Å². The molecule has 0 aliphatic heterocycles. The van der Waals surface area contributed by atoms with Crippen LogP contribution in [0.4, 0.5) is 0 Å². The standard InChI is InChI=1S/C7H7BrN2O4/c1-4(11)14-3-10-6(12)5(8)2-9-7(10)13/h2H,3H2,1H3,(H,9,13). The summed E-state index contributed by atoms with van der Waals surface area (Å²) < 4.78 is 5.50. The summed E-state index contributed by atoms with van der Waals surface area (Å²) >= 11 is 2.94. The predicted molar refractivity (Wildman–Crippen MR) is 50.8 cm³/mol. The number of esters is 1. The Morgan fingerprint density at radius 1 is 1.64 bits per heavy atom. The van der Waals surface area contributed by atoms with Crippen LogP contribution in [0, 0.1) is 0 Å². The molecular weight excluding hydrogens is 256 g/mol. The average molecular weight is 263 g/mol. The molecule has 1 aromatic rings. The second-order valence-corrected chi connectivity index (χ2v) is 3.29. The average Bonchev–Trinajstić information content (AvgIpc) is 2.11. The molecule has 0 unspecified atom stereocenters. The highest BCUT2D eigenvalue weighted by Gasteiger charge is 2.05. The number of ether oxygens (including phenoxy) is 1. The van der Waals surface area contributed by atoms with Crippen molar-refractivity contribution < 1.29 is 9.53 Å². The Hall–Kier alpha value is -1.37. The zero-order chi connectivity index (χ0) is 10.7. The van der Waals surface area contributed by atoms with E-state index >= 15 is 0 Å². The minimum Gasteiger partial charge on any atom is -0.444 e. The Kier molecular flexibility index (Phi) is 3.23. The first-order chi connectivity index (χ1) is 6.52. The first-order valence-electron chi connectivity index (χ1n) is 3.63. The lowest BCUT2D eigenvalue weighted by Gasteiger charge is -2.03. The van der Waals surface area contributed by atoms with Crippen LogP contribution < -0.4 is 11.2 Å². The highest BCUT2D eigenvalue weighted by atomic mass is 79.9. The highest BCUT2D eigenvalue weighted by Crippen LogP contribution is 1.96. The van der Waals surface area contributed by atoms with Crippen molar-refractivity contribution in [2.45, 2.75) is 13.7 Å². The van der Waals surface area contributed by atoms with Gasteiger partial charge in [-0.2, -0.15) is 0 Å². The van der Waals surface area contributed by atoms with Crippen molar-refractivity contribution in [1.29, 1.82) is 0 Å². The molecule has 1 N–H and O–H groups in total. The number of H-pyrrole nitrogens is 1.